The van der Waals surface area contributed by atoms with Crippen LogP contribution in [0.25, 0.3) is 11.2 Å². The van der Waals surface area contributed by atoms with Crippen LogP contribution < -0.4 is 11.2 Å². The molecule has 0 N–H and O–H groups in total. The lowest BCUT2D eigenvalue weighted by Crippen LogP contribution is -2.37. The lowest BCUT2D eigenvalue weighted by Gasteiger charge is -2.06. The van der Waals surface area contributed by atoms with E-state index in [2.05, 4.69) is 4.98 Å². The number of hydrogen-bond acceptors (Lipinski definition) is 5. The summed E-state index contributed by atoms with van der Waals surface area (Å²) in [6.07, 6.45) is 0. The largest absolute Gasteiger partial charge is 0.332 e. The highest BCUT2D eigenvalue weighted by Crippen LogP contribution is 2.18. The minimum Gasteiger partial charge on any atom is -0.312 e. The molecule has 2 aromatic heterocycles. The zero-order valence-corrected chi connectivity index (χ0v) is 12.7. The van der Waals surface area contributed by atoms with Crippen LogP contribution in [0.15, 0.2) is 14.7 Å². The molecule has 0 saturated carbocycles. The van der Waals surface area contributed by atoms with Crippen molar-refractivity contribution in [1.29, 1.82) is 0 Å². The second-order valence-electron chi connectivity index (χ2n) is 4.93. The summed E-state index contributed by atoms with van der Waals surface area (Å²) in [5.41, 5.74) is -0.953. The molecule has 0 saturated heterocycles. The molecule has 0 unspecified atom stereocenters. The van der Waals surface area contributed by atoms with E-state index in [4.69, 9.17) is 0 Å². The Kier molecular flexibility index (Phi) is 3.12. The molecule has 2 rings (SSSR count). The summed E-state index contributed by atoms with van der Waals surface area (Å²) in [6.45, 7) is 3.07. The Labute approximate surface area is 115 Å². The molecule has 2 heterocycles. The fourth-order valence-corrected chi connectivity index (χ4v) is 3.07. The van der Waals surface area contributed by atoms with Crippen LogP contribution in [0.1, 0.15) is 13.8 Å². The Morgan fingerprint density at radius 2 is 1.55 bits per heavy atom. The summed E-state index contributed by atoms with van der Waals surface area (Å²) >= 11 is 0. The van der Waals surface area contributed by atoms with Crippen LogP contribution >= 0.6 is 0 Å². The number of aromatic nitrogens is 4. The summed E-state index contributed by atoms with van der Waals surface area (Å²) < 4.78 is 27.8. The number of sulfone groups is 1. The molecule has 0 aliphatic heterocycles. The van der Waals surface area contributed by atoms with Gasteiger partial charge in [0.2, 0.25) is 15.0 Å². The lowest BCUT2D eigenvalue weighted by molar-refractivity contribution is 0.571. The Morgan fingerprint density at radius 3 is 2.05 bits per heavy atom. The summed E-state index contributed by atoms with van der Waals surface area (Å²) in [5.74, 6) is 0. The normalized spacial score (nSPS) is 12.5. The fraction of sp³-hybridized carbons (Fsp3) is 0.545. The van der Waals surface area contributed by atoms with E-state index in [1.165, 1.54) is 39.6 Å². The molecule has 0 bridgehead atoms. The number of fused-ring (bicyclic) bond motifs is 1. The maximum absolute atomic E-state index is 12.2. The third kappa shape index (κ3) is 1.73. The quantitative estimate of drug-likeness (QED) is 0.720. The number of nitrogens with zero attached hydrogens (tertiary/aromatic N) is 4. The standard InChI is InChI=1S/C11H16N4O4S/c1-6(2)20(18,19)10-12-8-7(13(10)3)9(16)15(5)11(17)14(8)4/h6H,1-5H3. The number of imidazole rings is 1. The highest BCUT2D eigenvalue weighted by atomic mass is 32.2. The average molecular weight is 300 g/mol. The van der Waals surface area contributed by atoms with E-state index in [0.717, 1.165) is 9.13 Å². The third-order valence-electron chi connectivity index (χ3n) is 3.31. The molecule has 2 aromatic rings. The maximum atomic E-state index is 12.2. The Morgan fingerprint density at radius 1 is 1.00 bits per heavy atom. The first kappa shape index (κ1) is 14.5. The van der Waals surface area contributed by atoms with Crippen LogP contribution in [0.2, 0.25) is 0 Å². The predicted octanol–water partition coefficient (Wildman–Crippen LogP) is -0.847. The van der Waals surface area contributed by atoms with Crippen molar-refractivity contribution >= 4 is 21.0 Å². The van der Waals surface area contributed by atoms with Gasteiger partial charge in [-0.1, -0.05) is 0 Å². The van der Waals surface area contributed by atoms with Crippen molar-refractivity contribution in [3.8, 4) is 0 Å². The Hall–Kier alpha value is -1.90. The van der Waals surface area contributed by atoms with Gasteiger partial charge in [-0.2, -0.15) is 4.98 Å². The van der Waals surface area contributed by atoms with E-state index in [0.29, 0.717) is 0 Å². The number of aryl methyl sites for hydroxylation is 2. The van der Waals surface area contributed by atoms with E-state index in [-0.39, 0.29) is 16.3 Å². The van der Waals surface area contributed by atoms with Crippen molar-refractivity contribution in [3.63, 3.8) is 0 Å². The van der Waals surface area contributed by atoms with Crippen LogP contribution in [-0.2, 0) is 31.0 Å². The predicted molar refractivity (Wildman–Crippen MR) is 73.5 cm³/mol. The van der Waals surface area contributed by atoms with Crippen LogP contribution in [0.5, 0.6) is 0 Å². The first-order valence-corrected chi connectivity index (χ1v) is 7.51. The van der Waals surface area contributed by atoms with Gasteiger partial charge in [-0.15, -0.1) is 0 Å². The summed E-state index contributed by atoms with van der Waals surface area (Å²) in [7, 11) is 0.603. The van der Waals surface area contributed by atoms with Crippen molar-refractivity contribution in [3.05, 3.63) is 20.8 Å². The molecule has 0 aromatic carbocycles. The minimum atomic E-state index is -3.64. The van der Waals surface area contributed by atoms with E-state index >= 15 is 0 Å². The highest BCUT2D eigenvalue weighted by Gasteiger charge is 2.28. The van der Waals surface area contributed by atoms with Gasteiger partial charge >= 0.3 is 5.69 Å². The summed E-state index contributed by atoms with van der Waals surface area (Å²) in [4.78, 5) is 28.0. The average Bonchev–Trinajstić information content (AvgIpc) is 2.72. The second-order valence-corrected chi connectivity index (χ2v) is 7.32. The van der Waals surface area contributed by atoms with Gasteiger partial charge in [0.25, 0.3) is 5.56 Å². The molecule has 0 radical (unpaired) electrons. The first-order valence-electron chi connectivity index (χ1n) is 5.97. The van der Waals surface area contributed by atoms with Crippen LogP contribution in [-0.4, -0.2) is 32.4 Å². The topological polar surface area (TPSA) is 96.0 Å². The maximum Gasteiger partial charge on any atom is 0.332 e. The lowest BCUT2D eigenvalue weighted by atomic mass is 10.5. The molecule has 9 heteroatoms. The van der Waals surface area contributed by atoms with Crippen molar-refractivity contribution in [2.45, 2.75) is 24.3 Å². The van der Waals surface area contributed by atoms with Gasteiger partial charge in [0.05, 0.1) is 5.25 Å². The number of hydrogen-bond donors (Lipinski definition) is 0. The zero-order valence-electron chi connectivity index (χ0n) is 11.9. The van der Waals surface area contributed by atoms with Gasteiger partial charge in [0, 0.05) is 21.1 Å². The molecule has 0 aliphatic rings. The zero-order chi connectivity index (χ0) is 15.4. The molecule has 8 nitrogen and oxygen atoms in total. The smallest absolute Gasteiger partial charge is 0.312 e. The molecule has 0 atom stereocenters. The second kappa shape index (κ2) is 4.30. The van der Waals surface area contributed by atoms with Crippen LogP contribution in [0.4, 0.5) is 0 Å². The van der Waals surface area contributed by atoms with Crippen molar-refractivity contribution in [1.82, 2.24) is 18.7 Å². The summed E-state index contributed by atoms with van der Waals surface area (Å²) in [5, 5.41) is -0.875. The van der Waals surface area contributed by atoms with Crippen molar-refractivity contribution < 1.29 is 8.42 Å². The molecule has 110 valence electrons. The molecule has 20 heavy (non-hydrogen) atoms. The van der Waals surface area contributed by atoms with Crippen molar-refractivity contribution in [2.75, 3.05) is 0 Å². The number of rotatable bonds is 2. The first-order chi connectivity index (χ1) is 9.10. The van der Waals surface area contributed by atoms with Gasteiger partial charge < -0.3 is 4.57 Å². The van der Waals surface area contributed by atoms with E-state index in [9.17, 15) is 18.0 Å². The summed E-state index contributed by atoms with van der Waals surface area (Å²) in [6, 6.07) is 0. The van der Waals surface area contributed by atoms with E-state index in [1.54, 1.807) is 0 Å². The minimum absolute atomic E-state index is 0.0693. The van der Waals surface area contributed by atoms with Gasteiger partial charge in [0.15, 0.2) is 11.2 Å². The van der Waals surface area contributed by atoms with Gasteiger partial charge in [0.1, 0.15) is 0 Å². The van der Waals surface area contributed by atoms with Crippen LogP contribution in [0, 0.1) is 0 Å². The van der Waals surface area contributed by atoms with Gasteiger partial charge in [-0.3, -0.25) is 13.9 Å². The van der Waals surface area contributed by atoms with Crippen LogP contribution in [0.3, 0.4) is 0 Å². The Bertz CT molecular complexity index is 915. The highest BCUT2D eigenvalue weighted by molar-refractivity contribution is 7.91. The molecular weight excluding hydrogens is 284 g/mol. The molecule has 0 aliphatic carbocycles. The van der Waals surface area contributed by atoms with E-state index in [1.807, 2.05) is 0 Å². The van der Waals surface area contributed by atoms with Crippen molar-refractivity contribution in [2.24, 2.45) is 21.1 Å². The van der Waals surface area contributed by atoms with Gasteiger partial charge in [-0.05, 0) is 13.8 Å². The Balaban J connectivity index is 3.07. The van der Waals surface area contributed by atoms with Gasteiger partial charge in [-0.25, -0.2) is 13.2 Å². The SMILES string of the molecule is CC(C)S(=O)(=O)c1nc2c(c(=O)n(C)c(=O)n2C)n1C. The third-order valence-corrected chi connectivity index (χ3v) is 5.42. The molecule has 0 amide bonds. The monoisotopic (exact) mass is 300 g/mol. The molecule has 0 spiro atoms. The van der Waals surface area contributed by atoms with E-state index < -0.39 is 26.3 Å². The molecule has 0 fully saturated rings. The molecular formula is C11H16N4O4S. The fourth-order valence-electron chi connectivity index (χ4n) is 1.96.